The number of urea groups is 1. The van der Waals surface area contributed by atoms with Gasteiger partial charge in [-0.05, 0) is 102 Å². The van der Waals surface area contributed by atoms with Crippen LogP contribution in [0.15, 0.2) is 29.7 Å². The standard InChI is InChI=1S/C21H20F2N2OS/c22-18-8-7-13(11-19(18)23)9-10-27-25-21(26)24-20-16-5-1-3-14(16)12-15-4-2-6-17(15)20/h7-12H,1-6H2,(H2,24,25,26)/b10-9+. The van der Waals surface area contributed by atoms with Crippen molar-refractivity contribution in [3.63, 3.8) is 0 Å². The monoisotopic (exact) mass is 386 g/mol. The van der Waals surface area contributed by atoms with Gasteiger partial charge in [0.1, 0.15) is 0 Å². The maximum Gasteiger partial charge on any atom is 0.329 e. The van der Waals surface area contributed by atoms with Crippen molar-refractivity contribution in [2.75, 3.05) is 5.32 Å². The maximum absolute atomic E-state index is 13.2. The van der Waals surface area contributed by atoms with Crippen molar-refractivity contribution in [2.45, 2.75) is 38.5 Å². The zero-order valence-electron chi connectivity index (χ0n) is 14.8. The van der Waals surface area contributed by atoms with Gasteiger partial charge in [-0.3, -0.25) is 4.72 Å². The molecule has 0 atom stereocenters. The summed E-state index contributed by atoms with van der Waals surface area (Å²) >= 11 is 1.09. The van der Waals surface area contributed by atoms with Crippen LogP contribution < -0.4 is 10.0 Å². The summed E-state index contributed by atoms with van der Waals surface area (Å²) in [6.45, 7) is 0. The first-order chi connectivity index (χ1) is 13.1. The Morgan fingerprint density at radius 2 is 1.67 bits per heavy atom. The fraction of sp³-hybridized carbons (Fsp3) is 0.286. The van der Waals surface area contributed by atoms with E-state index >= 15 is 0 Å². The second-order valence-electron chi connectivity index (χ2n) is 6.88. The molecule has 0 aliphatic heterocycles. The molecule has 0 saturated carbocycles. The number of anilines is 1. The van der Waals surface area contributed by atoms with Crippen LogP contribution in [-0.4, -0.2) is 6.03 Å². The molecule has 0 aromatic heterocycles. The van der Waals surface area contributed by atoms with Gasteiger partial charge in [0, 0.05) is 5.69 Å². The minimum absolute atomic E-state index is 0.274. The first-order valence-corrected chi connectivity index (χ1v) is 10.0. The van der Waals surface area contributed by atoms with Crippen LogP contribution in [0, 0.1) is 11.6 Å². The van der Waals surface area contributed by atoms with Gasteiger partial charge in [0.2, 0.25) is 0 Å². The van der Waals surface area contributed by atoms with Gasteiger partial charge in [-0.15, -0.1) is 0 Å². The number of benzene rings is 2. The summed E-state index contributed by atoms with van der Waals surface area (Å²) in [6, 6.07) is 5.72. The van der Waals surface area contributed by atoms with E-state index in [2.05, 4.69) is 16.1 Å². The van der Waals surface area contributed by atoms with E-state index in [4.69, 9.17) is 0 Å². The van der Waals surface area contributed by atoms with E-state index in [0.29, 0.717) is 5.56 Å². The molecule has 0 fully saturated rings. The van der Waals surface area contributed by atoms with E-state index < -0.39 is 11.6 Å². The molecule has 3 nitrogen and oxygen atoms in total. The molecular weight excluding hydrogens is 366 g/mol. The molecule has 0 radical (unpaired) electrons. The first kappa shape index (κ1) is 18.0. The van der Waals surface area contributed by atoms with E-state index in [0.717, 1.165) is 68.3 Å². The number of nitrogens with one attached hydrogen (secondary N) is 2. The fourth-order valence-electron chi connectivity index (χ4n) is 3.92. The number of hydrogen-bond acceptors (Lipinski definition) is 2. The van der Waals surface area contributed by atoms with Crippen LogP contribution >= 0.6 is 11.9 Å². The van der Waals surface area contributed by atoms with E-state index in [1.807, 2.05) is 0 Å². The molecule has 2 aromatic carbocycles. The third kappa shape index (κ3) is 3.86. The third-order valence-electron chi connectivity index (χ3n) is 5.14. The van der Waals surface area contributed by atoms with Crippen molar-refractivity contribution in [1.29, 1.82) is 0 Å². The molecule has 0 heterocycles. The third-order valence-corrected chi connectivity index (χ3v) is 5.71. The topological polar surface area (TPSA) is 41.1 Å². The smallest absolute Gasteiger partial charge is 0.307 e. The van der Waals surface area contributed by atoms with Gasteiger partial charge in [0.25, 0.3) is 0 Å². The summed E-state index contributed by atoms with van der Waals surface area (Å²) < 4.78 is 28.8. The summed E-state index contributed by atoms with van der Waals surface area (Å²) in [7, 11) is 0. The Morgan fingerprint density at radius 3 is 2.33 bits per heavy atom. The van der Waals surface area contributed by atoms with Crippen molar-refractivity contribution in [2.24, 2.45) is 0 Å². The zero-order chi connectivity index (χ0) is 18.8. The van der Waals surface area contributed by atoms with E-state index in [1.165, 1.54) is 28.3 Å². The van der Waals surface area contributed by atoms with E-state index in [9.17, 15) is 13.6 Å². The van der Waals surface area contributed by atoms with Crippen molar-refractivity contribution < 1.29 is 13.6 Å². The Balaban J connectivity index is 1.39. The van der Waals surface area contributed by atoms with Gasteiger partial charge in [-0.2, -0.15) is 0 Å². The maximum atomic E-state index is 13.2. The molecule has 2 N–H and O–H groups in total. The van der Waals surface area contributed by atoms with Crippen LogP contribution in [0.3, 0.4) is 0 Å². The molecule has 2 amide bonds. The van der Waals surface area contributed by atoms with Crippen molar-refractivity contribution in [1.82, 2.24) is 4.72 Å². The Hall–Kier alpha value is -2.34. The molecule has 27 heavy (non-hydrogen) atoms. The first-order valence-electron chi connectivity index (χ1n) is 9.12. The molecular formula is C21H20F2N2OS. The lowest BCUT2D eigenvalue weighted by atomic mass is 9.99. The Morgan fingerprint density at radius 1 is 0.963 bits per heavy atom. The van der Waals surface area contributed by atoms with Gasteiger partial charge in [0.05, 0.1) is 0 Å². The molecule has 0 spiro atoms. The summed E-state index contributed by atoms with van der Waals surface area (Å²) in [5, 5.41) is 4.67. The molecule has 6 heteroatoms. The number of halogens is 2. The summed E-state index contributed by atoms with van der Waals surface area (Å²) in [5.41, 5.74) is 6.84. The lowest BCUT2D eigenvalue weighted by Gasteiger charge is -2.16. The Kier molecular flexibility index (Phi) is 5.16. The molecule has 0 unspecified atom stereocenters. The van der Waals surface area contributed by atoms with Crippen LogP contribution in [0.5, 0.6) is 0 Å². The number of aryl methyl sites for hydroxylation is 2. The SMILES string of the molecule is O=C(NS/C=C/c1ccc(F)c(F)c1)Nc1c2c(cc3c1CCC3)CCC2. The quantitative estimate of drug-likeness (QED) is 0.693. The van der Waals surface area contributed by atoms with Crippen LogP contribution in [0.4, 0.5) is 19.3 Å². The molecule has 2 aromatic rings. The average molecular weight is 386 g/mol. The summed E-state index contributed by atoms with van der Waals surface area (Å²) in [5.74, 6) is -1.76. The number of carbonyl (C=O) groups is 1. The minimum Gasteiger partial charge on any atom is -0.307 e. The molecule has 4 rings (SSSR count). The highest BCUT2D eigenvalue weighted by Crippen LogP contribution is 2.38. The predicted molar refractivity (Wildman–Crippen MR) is 106 cm³/mol. The van der Waals surface area contributed by atoms with Gasteiger partial charge < -0.3 is 5.32 Å². The summed E-state index contributed by atoms with van der Waals surface area (Å²) in [4.78, 5) is 12.3. The Labute approximate surface area is 161 Å². The normalized spacial score (nSPS) is 15.0. The lowest BCUT2D eigenvalue weighted by molar-refractivity contribution is 0.257. The average Bonchev–Trinajstić information content (AvgIpc) is 3.30. The van der Waals surface area contributed by atoms with Crippen LogP contribution in [0.25, 0.3) is 6.08 Å². The highest BCUT2D eigenvalue weighted by molar-refractivity contribution is 8.00. The van der Waals surface area contributed by atoms with Gasteiger partial charge in [0.15, 0.2) is 11.6 Å². The van der Waals surface area contributed by atoms with Crippen LogP contribution in [-0.2, 0) is 25.7 Å². The molecule has 0 saturated heterocycles. The highest BCUT2D eigenvalue weighted by Gasteiger charge is 2.24. The molecule has 2 aliphatic carbocycles. The zero-order valence-corrected chi connectivity index (χ0v) is 15.6. The Bertz CT molecular complexity index is 895. The number of rotatable bonds is 4. The number of carbonyl (C=O) groups excluding carboxylic acids is 1. The fourth-order valence-corrected chi connectivity index (χ4v) is 4.37. The number of hydrogen-bond donors (Lipinski definition) is 2. The largest absolute Gasteiger partial charge is 0.329 e. The number of amides is 2. The van der Waals surface area contributed by atoms with Gasteiger partial charge in [-0.1, -0.05) is 12.1 Å². The van der Waals surface area contributed by atoms with E-state index in [-0.39, 0.29) is 6.03 Å². The number of fused-ring (bicyclic) bond motifs is 2. The van der Waals surface area contributed by atoms with Crippen molar-refractivity contribution in [3.8, 4) is 0 Å². The van der Waals surface area contributed by atoms with Crippen LogP contribution in [0.1, 0.15) is 40.7 Å². The van der Waals surface area contributed by atoms with Crippen molar-refractivity contribution in [3.05, 3.63) is 69.1 Å². The lowest BCUT2D eigenvalue weighted by Crippen LogP contribution is -2.23. The molecule has 0 bridgehead atoms. The molecule has 140 valence electrons. The van der Waals surface area contributed by atoms with Gasteiger partial charge in [-0.25, -0.2) is 13.6 Å². The van der Waals surface area contributed by atoms with E-state index in [1.54, 1.807) is 11.5 Å². The van der Waals surface area contributed by atoms with Gasteiger partial charge >= 0.3 is 6.03 Å². The minimum atomic E-state index is -0.889. The van der Waals surface area contributed by atoms with Crippen molar-refractivity contribution >= 4 is 29.7 Å². The highest BCUT2D eigenvalue weighted by atomic mass is 32.2. The predicted octanol–water partition coefficient (Wildman–Crippen LogP) is 5.38. The van der Waals surface area contributed by atoms with Crippen LogP contribution in [0.2, 0.25) is 0 Å². The summed E-state index contributed by atoms with van der Waals surface area (Å²) in [6.07, 6.45) is 8.10. The second-order valence-corrected chi connectivity index (χ2v) is 7.60. The second kappa shape index (κ2) is 7.72. The molecule has 2 aliphatic rings.